The molecule has 0 aromatic rings. The van der Waals surface area contributed by atoms with Crippen molar-refractivity contribution in [3.05, 3.63) is 12.7 Å². The van der Waals surface area contributed by atoms with E-state index in [1.807, 2.05) is 6.08 Å². The third kappa shape index (κ3) is 3.62. The molecule has 0 aromatic heterocycles. The van der Waals surface area contributed by atoms with Crippen LogP contribution < -0.4 is 5.73 Å². The van der Waals surface area contributed by atoms with Gasteiger partial charge in [0.2, 0.25) is 0 Å². The van der Waals surface area contributed by atoms with Crippen LogP contribution in [0.15, 0.2) is 12.7 Å². The zero-order valence-corrected chi connectivity index (χ0v) is 10.7. The smallest absolute Gasteiger partial charge is 0.0283 e. The van der Waals surface area contributed by atoms with Crippen molar-refractivity contribution in [1.29, 1.82) is 0 Å². The Hall–Kier alpha value is -0.340. The molecule has 0 heterocycles. The normalized spacial score (nSPS) is 21.5. The van der Waals surface area contributed by atoms with Crippen LogP contribution in [-0.4, -0.2) is 29.1 Å². The highest BCUT2D eigenvalue weighted by molar-refractivity contribution is 4.99. The summed E-state index contributed by atoms with van der Waals surface area (Å²) < 4.78 is 0. The molecule has 15 heavy (non-hydrogen) atoms. The monoisotopic (exact) mass is 210 g/mol. The van der Waals surface area contributed by atoms with E-state index < -0.39 is 0 Å². The first-order chi connectivity index (χ1) is 6.77. The molecule has 88 valence electrons. The van der Waals surface area contributed by atoms with E-state index in [9.17, 15) is 0 Å². The van der Waals surface area contributed by atoms with Gasteiger partial charge in [-0.25, -0.2) is 0 Å². The van der Waals surface area contributed by atoms with Crippen LogP contribution in [0.2, 0.25) is 0 Å². The summed E-state index contributed by atoms with van der Waals surface area (Å²) in [7, 11) is 0. The van der Waals surface area contributed by atoms with Crippen molar-refractivity contribution in [3.63, 3.8) is 0 Å². The van der Waals surface area contributed by atoms with Crippen molar-refractivity contribution in [3.8, 4) is 0 Å². The Kier molecular flexibility index (Phi) is 3.62. The van der Waals surface area contributed by atoms with Gasteiger partial charge in [-0.2, -0.15) is 0 Å². The number of nitrogens with zero attached hydrogens (tertiary/aromatic N) is 1. The summed E-state index contributed by atoms with van der Waals surface area (Å²) >= 11 is 0. The first kappa shape index (κ1) is 12.7. The van der Waals surface area contributed by atoms with E-state index in [1.54, 1.807) is 0 Å². The molecule has 0 radical (unpaired) electrons. The molecule has 1 saturated carbocycles. The van der Waals surface area contributed by atoms with E-state index in [0.29, 0.717) is 0 Å². The first-order valence-corrected chi connectivity index (χ1v) is 5.92. The molecule has 1 aliphatic rings. The van der Waals surface area contributed by atoms with Gasteiger partial charge < -0.3 is 5.73 Å². The first-order valence-electron chi connectivity index (χ1n) is 5.92. The highest BCUT2D eigenvalue weighted by Gasteiger charge is 2.40. The molecule has 2 N–H and O–H groups in total. The summed E-state index contributed by atoms with van der Waals surface area (Å²) in [6.07, 6.45) is 4.58. The molecule has 0 saturated heterocycles. The minimum Gasteiger partial charge on any atom is -0.324 e. The van der Waals surface area contributed by atoms with E-state index in [1.165, 1.54) is 12.8 Å². The molecule has 1 aliphatic carbocycles. The predicted octanol–water partition coefficient (Wildman–Crippen LogP) is 2.40. The summed E-state index contributed by atoms with van der Waals surface area (Å²) in [5.74, 6) is 0.729. The summed E-state index contributed by atoms with van der Waals surface area (Å²) in [6, 6.07) is 0. The zero-order chi connectivity index (χ0) is 11.7. The summed E-state index contributed by atoms with van der Waals surface area (Å²) in [5, 5.41) is 0. The Balaban J connectivity index is 2.61. The van der Waals surface area contributed by atoms with Gasteiger partial charge in [0, 0.05) is 24.2 Å². The molecular weight excluding hydrogens is 184 g/mol. The highest BCUT2D eigenvalue weighted by Crippen LogP contribution is 2.39. The Bertz CT molecular complexity index is 221. The Morgan fingerprint density at radius 2 is 1.87 bits per heavy atom. The molecule has 0 amide bonds. The van der Waals surface area contributed by atoms with Crippen LogP contribution >= 0.6 is 0 Å². The molecule has 0 bridgehead atoms. The van der Waals surface area contributed by atoms with Crippen LogP contribution in [0.3, 0.4) is 0 Å². The molecule has 2 nitrogen and oxygen atoms in total. The van der Waals surface area contributed by atoms with Crippen LogP contribution in [0.5, 0.6) is 0 Å². The minimum atomic E-state index is -0.0315. The van der Waals surface area contributed by atoms with Crippen molar-refractivity contribution >= 4 is 0 Å². The molecule has 1 atom stereocenters. The minimum absolute atomic E-state index is 0.0315. The van der Waals surface area contributed by atoms with Gasteiger partial charge in [-0.05, 0) is 46.5 Å². The van der Waals surface area contributed by atoms with Gasteiger partial charge in [-0.1, -0.05) is 6.08 Å². The number of rotatable bonds is 5. The molecule has 1 rings (SSSR count). The van der Waals surface area contributed by atoms with Crippen molar-refractivity contribution in [2.24, 2.45) is 11.7 Å². The van der Waals surface area contributed by atoms with Crippen molar-refractivity contribution in [2.45, 2.75) is 51.6 Å². The lowest BCUT2D eigenvalue weighted by atomic mass is 9.93. The Labute approximate surface area is 94.5 Å². The van der Waals surface area contributed by atoms with Crippen LogP contribution in [0.4, 0.5) is 0 Å². The van der Waals surface area contributed by atoms with Crippen LogP contribution in [0.25, 0.3) is 0 Å². The molecule has 0 aromatic carbocycles. The van der Waals surface area contributed by atoms with Gasteiger partial charge in [-0.15, -0.1) is 6.58 Å². The number of hydrogen-bond donors (Lipinski definition) is 1. The number of nitrogens with two attached hydrogens (primary N) is 1. The highest BCUT2D eigenvalue weighted by atomic mass is 15.2. The van der Waals surface area contributed by atoms with Crippen LogP contribution in [0, 0.1) is 5.92 Å². The molecular formula is C13H26N2. The lowest BCUT2D eigenvalue weighted by molar-refractivity contribution is 0.114. The molecule has 0 aliphatic heterocycles. The standard InChI is InChI=1S/C13H26N2/c1-6-9-15(12(2,3)4)10-13(5,14)11-7-8-11/h6,11H,1,7-10,14H2,2-5H3. The maximum Gasteiger partial charge on any atom is 0.0283 e. The Morgan fingerprint density at radius 1 is 1.33 bits per heavy atom. The third-order valence-electron chi connectivity index (χ3n) is 3.34. The fraction of sp³-hybridized carbons (Fsp3) is 0.846. The maximum absolute atomic E-state index is 6.37. The Morgan fingerprint density at radius 3 is 2.20 bits per heavy atom. The largest absolute Gasteiger partial charge is 0.324 e. The van der Waals surface area contributed by atoms with E-state index in [0.717, 1.165) is 19.0 Å². The van der Waals surface area contributed by atoms with Gasteiger partial charge >= 0.3 is 0 Å². The van der Waals surface area contributed by atoms with Gasteiger partial charge in [0.05, 0.1) is 0 Å². The topological polar surface area (TPSA) is 29.3 Å². The van der Waals surface area contributed by atoms with Crippen molar-refractivity contribution < 1.29 is 0 Å². The fourth-order valence-electron chi connectivity index (χ4n) is 2.01. The average Bonchev–Trinajstić information content (AvgIpc) is 2.83. The van der Waals surface area contributed by atoms with Gasteiger partial charge in [0.25, 0.3) is 0 Å². The summed E-state index contributed by atoms with van der Waals surface area (Å²) in [4.78, 5) is 2.42. The summed E-state index contributed by atoms with van der Waals surface area (Å²) in [6.45, 7) is 14.6. The second-order valence-electron chi connectivity index (χ2n) is 6.12. The third-order valence-corrected chi connectivity index (χ3v) is 3.34. The molecule has 2 heteroatoms. The van der Waals surface area contributed by atoms with Crippen LogP contribution in [-0.2, 0) is 0 Å². The predicted molar refractivity (Wildman–Crippen MR) is 66.8 cm³/mol. The quantitative estimate of drug-likeness (QED) is 0.706. The van der Waals surface area contributed by atoms with Gasteiger partial charge in [-0.3, -0.25) is 4.90 Å². The summed E-state index contributed by atoms with van der Waals surface area (Å²) in [5.41, 5.74) is 6.51. The van der Waals surface area contributed by atoms with Crippen molar-refractivity contribution in [1.82, 2.24) is 4.90 Å². The maximum atomic E-state index is 6.37. The SMILES string of the molecule is C=CCN(CC(C)(N)C1CC1)C(C)(C)C. The van der Waals surface area contributed by atoms with E-state index >= 15 is 0 Å². The second kappa shape index (κ2) is 4.26. The van der Waals surface area contributed by atoms with Crippen molar-refractivity contribution in [2.75, 3.05) is 13.1 Å². The van der Waals surface area contributed by atoms with E-state index in [2.05, 4.69) is 39.2 Å². The lowest BCUT2D eigenvalue weighted by Crippen LogP contribution is -2.54. The second-order valence-corrected chi connectivity index (χ2v) is 6.12. The van der Waals surface area contributed by atoms with Gasteiger partial charge in [0.15, 0.2) is 0 Å². The van der Waals surface area contributed by atoms with E-state index in [-0.39, 0.29) is 11.1 Å². The molecule has 1 fully saturated rings. The average molecular weight is 210 g/mol. The van der Waals surface area contributed by atoms with Crippen LogP contribution in [0.1, 0.15) is 40.5 Å². The zero-order valence-electron chi connectivity index (χ0n) is 10.7. The van der Waals surface area contributed by atoms with E-state index in [4.69, 9.17) is 5.73 Å². The molecule has 0 spiro atoms. The fourth-order valence-corrected chi connectivity index (χ4v) is 2.01. The van der Waals surface area contributed by atoms with Gasteiger partial charge in [0.1, 0.15) is 0 Å². The number of hydrogen-bond acceptors (Lipinski definition) is 2. The lowest BCUT2D eigenvalue weighted by Gasteiger charge is -2.40. The molecule has 1 unspecified atom stereocenters.